The number of alkyl halides is 2. The van der Waals surface area contributed by atoms with Gasteiger partial charge in [0.15, 0.2) is 0 Å². The van der Waals surface area contributed by atoms with Crippen molar-refractivity contribution < 1.29 is 13.6 Å². The van der Waals surface area contributed by atoms with Crippen molar-refractivity contribution in [2.75, 3.05) is 31.1 Å². The maximum Gasteiger partial charge on any atom is 0.282 e. The van der Waals surface area contributed by atoms with Crippen LogP contribution in [0.4, 0.5) is 14.7 Å². The number of likely N-dealkylation sites (tertiary alicyclic amines) is 1. The van der Waals surface area contributed by atoms with Crippen LogP contribution in [0.3, 0.4) is 0 Å². The van der Waals surface area contributed by atoms with Gasteiger partial charge in [-0.2, -0.15) is 5.10 Å². The van der Waals surface area contributed by atoms with Gasteiger partial charge in [0, 0.05) is 63.2 Å². The van der Waals surface area contributed by atoms with Gasteiger partial charge in [0.25, 0.3) is 12.3 Å². The number of rotatable bonds is 3. The molecule has 4 heterocycles. The number of aryl methyl sites for hydroxylation is 2. The Labute approximate surface area is 149 Å². The standard InChI is InChI=1S/C17H20F2N6O/c1-10-3-4-20-17(21-10)25-7-11-5-24(6-12(11)8-25)16(26)13-9-23(2)22-14(13)15(18)19/h3-4,9,11-12,15H,5-8H2,1-2H3. The highest BCUT2D eigenvalue weighted by molar-refractivity contribution is 5.95. The summed E-state index contributed by atoms with van der Waals surface area (Å²) in [5.41, 5.74) is 0.477. The van der Waals surface area contributed by atoms with Crippen molar-refractivity contribution in [2.45, 2.75) is 13.3 Å². The topological polar surface area (TPSA) is 67.2 Å². The molecule has 9 heteroatoms. The van der Waals surface area contributed by atoms with Crippen molar-refractivity contribution in [3.8, 4) is 0 Å². The van der Waals surface area contributed by atoms with E-state index in [0.29, 0.717) is 30.9 Å². The number of anilines is 1. The Morgan fingerprint density at radius 3 is 2.54 bits per heavy atom. The van der Waals surface area contributed by atoms with Crippen LogP contribution in [-0.2, 0) is 7.05 Å². The number of carbonyl (C=O) groups is 1. The highest BCUT2D eigenvalue weighted by atomic mass is 19.3. The predicted octanol–water partition coefficient (Wildman–Crippen LogP) is 1.66. The van der Waals surface area contributed by atoms with Crippen LogP contribution in [0.1, 0.15) is 28.2 Å². The van der Waals surface area contributed by atoms with Crippen LogP contribution in [0.5, 0.6) is 0 Å². The van der Waals surface area contributed by atoms with Gasteiger partial charge >= 0.3 is 0 Å². The summed E-state index contributed by atoms with van der Waals surface area (Å²) in [6.45, 7) is 4.59. The zero-order valence-corrected chi connectivity index (χ0v) is 14.6. The maximum absolute atomic E-state index is 13.1. The Balaban J connectivity index is 1.46. The first-order chi connectivity index (χ1) is 12.4. The Bertz CT molecular complexity index is 824. The molecule has 2 saturated heterocycles. The Morgan fingerprint density at radius 1 is 1.23 bits per heavy atom. The molecule has 0 saturated carbocycles. The molecular formula is C17H20F2N6O. The normalized spacial score (nSPS) is 22.3. The summed E-state index contributed by atoms with van der Waals surface area (Å²) in [7, 11) is 1.54. The van der Waals surface area contributed by atoms with Crippen molar-refractivity contribution >= 4 is 11.9 Å². The molecule has 2 unspecified atom stereocenters. The van der Waals surface area contributed by atoms with Crippen LogP contribution >= 0.6 is 0 Å². The lowest BCUT2D eigenvalue weighted by atomic mass is 10.0. The van der Waals surface area contributed by atoms with Crippen molar-refractivity contribution in [3.63, 3.8) is 0 Å². The minimum Gasteiger partial charge on any atom is -0.340 e. The first-order valence-electron chi connectivity index (χ1n) is 8.58. The molecule has 0 aromatic carbocycles. The molecule has 26 heavy (non-hydrogen) atoms. The number of halogens is 2. The number of nitrogens with zero attached hydrogens (tertiary/aromatic N) is 6. The number of hydrogen-bond acceptors (Lipinski definition) is 5. The number of hydrogen-bond donors (Lipinski definition) is 0. The fraction of sp³-hybridized carbons (Fsp3) is 0.529. The Kier molecular flexibility index (Phi) is 4.08. The molecule has 2 fully saturated rings. The van der Waals surface area contributed by atoms with E-state index < -0.39 is 12.1 Å². The number of aromatic nitrogens is 4. The number of fused-ring (bicyclic) bond motifs is 1. The molecule has 2 aliphatic rings. The third kappa shape index (κ3) is 2.91. The molecule has 2 atom stereocenters. The molecule has 0 radical (unpaired) electrons. The second-order valence-corrected chi connectivity index (χ2v) is 7.04. The average Bonchev–Trinajstić information content (AvgIpc) is 3.26. The molecule has 2 aromatic heterocycles. The van der Waals surface area contributed by atoms with Crippen LogP contribution in [0, 0.1) is 18.8 Å². The summed E-state index contributed by atoms with van der Waals surface area (Å²) in [6.07, 6.45) is 0.368. The molecular weight excluding hydrogens is 342 g/mol. The number of amides is 1. The smallest absolute Gasteiger partial charge is 0.282 e. The molecule has 1 amide bonds. The SMILES string of the molecule is Cc1ccnc(N2CC3CN(C(=O)c4cn(C)nc4C(F)F)CC3C2)n1. The average molecular weight is 362 g/mol. The summed E-state index contributed by atoms with van der Waals surface area (Å²) in [4.78, 5) is 25.3. The predicted molar refractivity (Wildman–Crippen MR) is 90.0 cm³/mol. The Hall–Kier alpha value is -2.58. The molecule has 0 aliphatic carbocycles. The highest BCUT2D eigenvalue weighted by Gasteiger charge is 2.43. The zero-order valence-electron chi connectivity index (χ0n) is 14.6. The number of carbonyl (C=O) groups excluding carboxylic acids is 1. The van der Waals surface area contributed by atoms with E-state index in [9.17, 15) is 13.6 Å². The summed E-state index contributed by atoms with van der Waals surface area (Å²) in [5, 5.41) is 3.73. The molecule has 138 valence electrons. The van der Waals surface area contributed by atoms with Crippen molar-refractivity contribution in [2.24, 2.45) is 18.9 Å². The van der Waals surface area contributed by atoms with Crippen LogP contribution in [0.15, 0.2) is 18.5 Å². The third-order valence-electron chi connectivity index (χ3n) is 5.13. The summed E-state index contributed by atoms with van der Waals surface area (Å²) in [5.74, 6) is 0.954. The quantitative estimate of drug-likeness (QED) is 0.831. The van der Waals surface area contributed by atoms with Crippen molar-refractivity contribution in [1.82, 2.24) is 24.6 Å². The van der Waals surface area contributed by atoms with Crippen LogP contribution in [-0.4, -0.2) is 56.7 Å². The van der Waals surface area contributed by atoms with Crippen LogP contribution in [0.25, 0.3) is 0 Å². The first-order valence-corrected chi connectivity index (χ1v) is 8.58. The summed E-state index contributed by atoms with van der Waals surface area (Å²) < 4.78 is 27.5. The highest BCUT2D eigenvalue weighted by Crippen LogP contribution is 2.34. The van der Waals surface area contributed by atoms with Gasteiger partial charge in [-0.25, -0.2) is 18.7 Å². The van der Waals surface area contributed by atoms with E-state index in [4.69, 9.17) is 0 Å². The molecule has 0 spiro atoms. The molecule has 2 aromatic rings. The second kappa shape index (κ2) is 6.30. The van der Waals surface area contributed by atoms with Gasteiger partial charge in [0.05, 0.1) is 5.56 Å². The lowest BCUT2D eigenvalue weighted by molar-refractivity contribution is 0.0769. The lowest BCUT2D eigenvalue weighted by Crippen LogP contribution is -2.34. The van der Waals surface area contributed by atoms with Gasteiger partial charge in [-0.05, 0) is 13.0 Å². The van der Waals surface area contributed by atoms with Gasteiger partial charge in [-0.1, -0.05) is 0 Å². The van der Waals surface area contributed by atoms with E-state index in [-0.39, 0.29) is 11.5 Å². The van der Waals surface area contributed by atoms with Gasteiger partial charge in [-0.15, -0.1) is 0 Å². The molecule has 0 bridgehead atoms. The minimum atomic E-state index is -2.76. The van der Waals surface area contributed by atoms with Crippen molar-refractivity contribution in [3.05, 3.63) is 35.4 Å². The van der Waals surface area contributed by atoms with Crippen LogP contribution < -0.4 is 4.90 Å². The molecule has 4 rings (SSSR count). The van der Waals surface area contributed by atoms with E-state index in [0.717, 1.165) is 18.8 Å². The summed E-state index contributed by atoms with van der Waals surface area (Å²) >= 11 is 0. The van der Waals surface area contributed by atoms with Crippen molar-refractivity contribution in [1.29, 1.82) is 0 Å². The monoisotopic (exact) mass is 362 g/mol. The van der Waals surface area contributed by atoms with E-state index in [1.807, 2.05) is 13.0 Å². The van der Waals surface area contributed by atoms with E-state index in [2.05, 4.69) is 20.0 Å². The van der Waals surface area contributed by atoms with E-state index in [1.54, 1.807) is 18.1 Å². The second-order valence-electron chi connectivity index (χ2n) is 7.04. The van der Waals surface area contributed by atoms with E-state index >= 15 is 0 Å². The lowest BCUT2D eigenvalue weighted by Gasteiger charge is -2.21. The van der Waals surface area contributed by atoms with Crippen LogP contribution in [0.2, 0.25) is 0 Å². The van der Waals surface area contributed by atoms with Gasteiger partial charge in [0.1, 0.15) is 5.69 Å². The largest absolute Gasteiger partial charge is 0.340 e. The zero-order chi connectivity index (χ0) is 18.4. The maximum atomic E-state index is 13.1. The molecule has 0 N–H and O–H groups in total. The fourth-order valence-corrected chi connectivity index (χ4v) is 3.91. The third-order valence-corrected chi connectivity index (χ3v) is 5.13. The van der Waals surface area contributed by atoms with E-state index in [1.165, 1.54) is 10.9 Å². The Morgan fingerprint density at radius 2 is 1.92 bits per heavy atom. The first kappa shape index (κ1) is 16.9. The summed E-state index contributed by atoms with van der Waals surface area (Å²) in [6, 6.07) is 1.86. The fourth-order valence-electron chi connectivity index (χ4n) is 3.91. The molecule has 7 nitrogen and oxygen atoms in total. The minimum absolute atomic E-state index is 0.00125. The van der Waals surface area contributed by atoms with Gasteiger partial charge in [0.2, 0.25) is 5.95 Å². The van der Waals surface area contributed by atoms with Gasteiger partial charge in [-0.3, -0.25) is 9.48 Å². The molecule has 2 aliphatic heterocycles. The van der Waals surface area contributed by atoms with Gasteiger partial charge < -0.3 is 9.80 Å².